The van der Waals surface area contributed by atoms with Gasteiger partial charge in [0, 0.05) is 42.7 Å². The predicted molar refractivity (Wildman–Crippen MR) is 127 cm³/mol. The average molecular weight is 455 g/mol. The van der Waals surface area contributed by atoms with E-state index in [-0.39, 0.29) is 23.7 Å². The maximum Gasteiger partial charge on any atom is 0.254 e. The van der Waals surface area contributed by atoms with E-state index in [1.807, 2.05) is 18.2 Å². The van der Waals surface area contributed by atoms with Crippen molar-refractivity contribution in [3.63, 3.8) is 0 Å². The molecule has 2 aromatic rings. The summed E-state index contributed by atoms with van der Waals surface area (Å²) >= 11 is 0. The van der Waals surface area contributed by atoms with Gasteiger partial charge in [-0.3, -0.25) is 9.59 Å². The Morgan fingerprint density at radius 3 is 2.39 bits per heavy atom. The Bertz CT molecular complexity index is 975. The molecule has 1 heterocycles. The summed E-state index contributed by atoms with van der Waals surface area (Å²) in [5, 5.41) is 3.07. The monoisotopic (exact) mass is 454 g/mol. The molecular weight excluding hydrogens is 420 g/mol. The van der Waals surface area contributed by atoms with Crippen molar-refractivity contribution in [2.45, 2.75) is 26.2 Å². The van der Waals surface area contributed by atoms with Gasteiger partial charge in [0.15, 0.2) is 0 Å². The van der Waals surface area contributed by atoms with Crippen LogP contribution >= 0.6 is 0 Å². The lowest BCUT2D eigenvalue weighted by molar-refractivity contribution is -0.124. The summed E-state index contributed by atoms with van der Waals surface area (Å²) in [6.07, 6.45) is 0.904. The second kappa shape index (κ2) is 11.1. The van der Waals surface area contributed by atoms with Crippen molar-refractivity contribution in [2.75, 3.05) is 41.0 Å². The third-order valence-corrected chi connectivity index (χ3v) is 6.12. The SMILES string of the molecule is COc1cccc(C(=O)N2CC(C(=O)NCCC(C)C)C(c3ccc(OC)cc3OC)C2)c1. The molecule has 2 atom stereocenters. The molecule has 33 heavy (non-hydrogen) atoms. The predicted octanol–water partition coefficient (Wildman–Crippen LogP) is 3.73. The Balaban J connectivity index is 1.89. The third kappa shape index (κ3) is 5.78. The van der Waals surface area contributed by atoms with Gasteiger partial charge in [-0.25, -0.2) is 0 Å². The zero-order valence-corrected chi connectivity index (χ0v) is 20.1. The number of methoxy groups -OCH3 is 3. The van der Waals surface area contributed by atoms with Crippen LogP contribution in [0.1, 0.15) is 42.1 Å². The lowest BCUT2D eigenvalue weighted by atomic mass is 9.87. The van der Waals surface area contributed by atoms with Crippen molar-refractivity contribution in [2.24, 2.45) is 11.8 Å². The molecule has 2 aromatic carbocycles. The minimum atomic E-state index is -0.381. The molecule has 2 unspecified atom stereocenters. The van der Waals surface area contributed by atoms with Gasteiger partial charge in [0.1, 0.15) is 17.2 Å². The van der Waals surface area contributed by atoms with Gasteiger partial charge in [-0.1, -0.05) is 26.0 Å². The molecular formula is C26H34N2O5. The maximum atomic E-state index is 13.3. The molecule has 0 radical (unpaired) electrons. The van der Waals surface area contributed by atoms with Gasteiger partial charge < -0.3 is 24.4 Å². The molecule has 3 rings (SSSR count). The number of rotatable bonds is 9. The molecule has 1 saturated heterocycles. The lowest BCUT2D eigenvalue weighted by Gasteiger charge is -2.21. The quantitative estimate of drug-likeness (QED) is 0.625. The Morgan fingerprint density at radius 1 is 1.00 bits per heavy atom. The number of hydrogen-bond donors (Lipinski definition) is 1. The number of amides is 2. The first-order valence-electron chi connectivity index (χ1n) is 11.3. The molecule has 0 aliphatic carbocycles. The Labute approximate surface area is 196 Å². The van der Waals surface area contributed by atoms with Crippen LogP contribution in [0.3, 0.4) is 0 Å². The second-order valence-electron chi connectivity index (χ2n) is 8.74. The topological polar surface area (TPSA) is 77.1 Å². The van der Waals surface area contributed by atoms with E-state index in [0.717, 1.165) is 12.0 Å². The molecule has 0 aromatic heterocycles. The molecule has 178 valence electrons. The first-order chi connectivity index (χ1) is 15.9. The van der Waals surface area contributed by atoms with Gasteiger partial charge in [0.25, 0.3) is 5.91 Å². The van der Waals surface area contributed by atoms with E-state index < -0.39 is 0 Å². The molecule has 7 heteroatoms. The highest BCUT2D eigenvalue weighted by atomic mass is 16.5. The van der Waals surface area contributed by atoms with Crippen LogP contribution in [0.2, 0.25) is 0 Å². The van der Waals surface area contributed by atoms with Crippen LogP contribution in [0.25, 0.3) is 0 Å². The number of likely N-dealkylation sites (tertiary alicyclic amines) is 1. The van der Waals surface area contributed by atoms with E-state index >= 15 is 0 Å². The molecule has 1 aliphatic rings. The fraction of sp³-hybridized carbons (Fsp3) is 0.462. The van der Waals surface area contributed by atoms with Crippen LogP contribution in [0.5, 0.6) is 17.2 Å². The zero-order valence-electron chi connectivity index (χ0n) is 20.1. The van der Waals surface area contributed by atoms with Gasteiger partial charge in [-0.05, 0) is 36.6 Å². The van der Waals surface area contributed by atoms with Crippen LogP contribution in [-0.2, 0) is 4.79 Å². The van der Waals surface area contributed by atoms with E-state index in [1.54, 1.807) is 50.5 Å². The first-order valence-corrected chi connectivity index (χ1v) is 11.3. The van der Waals surface area contributed by atoms with Crippen molar-refractivity contribution >= 4 is 11.8 Å². The van der Waals surface area contributed by atoms with Gasteiger partial charge in [-0.15, -0.1) is 0 Å². The summed E-state index contributed by atoms with van der Waals surface area (Å²) in [6, 6.07) is 12.7. The fourth-order valence-electron chi connectivity index (χ4n) is 4.23. The average Bonchev–Trinajstić information content (AvgIpc) is 3.28. The largest absolute Gasteiger partial charge is 0.497 e. The van der Waals surface area contributed by atoms with Crippen molar-refractivity contribution < 1.29 is 23.8 Å². The van der Waals surface area contributed by atoms with Crippen molar-refractivity contribution in [3.05, 3.63) is 53.6 Å². The van der Waals surface area contributed by atoms with E-state index in [4.69, 9.17) is 14.2 Å². The van der Waals surface area contributed by atoms with Crippen molar-refractivity contribution in [1.29, 1.82) is 0 Å². The summed E-state index contributed by atoms with van der Waals surface area (Å²) < 4.78 is 16.2. The molecule has 2 amide bonds. The van der Waals surface area contributed by atoms with Gasteiger partial charge in [-0.2, -0.15) is 0 Å². The number of nitrogens with zero attached hydrogens (tertiary/aromatic N) is 1. The summed E-state index contributed by atoms with van der Waals surface area (Å²) in [6.45, 7) is 5.62. The van der Waals surface area contributed by atoms with Crippen LogP contribution in [0.4, 0.5) is 0 Å². The minimum absolute atomic E-state index is 0.0422. The van der Waals surface area contributed by atoms with Crippen molar-refractivity contribution in [3.8, 4) is 17.2 Å². The highest BCUT2D eigenvalue weighted by Gasteiger charge is 2.41. The Kier molecular flexibility index (Phi) is 8.20. The molecule has 1 fully saturated rings. The number of ether oxygens (including phenoxy) is 3. The van der Waals surface area contributed by atoms with Crippen molar-refractivity contribution in [1.82, 2.24) is 10.2 Å². The van der Waals surface area contributed by atoms with Crippen LogP contribution in [-0.4, -0.2) is 57.7 Å². The van der Waals surface area contributed by atoms with Gasteiger partial charge >= 0.3 is 0 Å². The Morgan fingerprint density at radius 2 is 1.73 bits per heavy atom. The van der Waals surface area contributed by atoms with Crippen LogP contribution in [0, 0.1) is 11.8 Å². The fourth-order valence-corrected chi connectivity index (χ4v) is 4.23. The summed E-state index contributed by atoms with van der Waals surface area (Å²) in [4.78, 5) is 28.3. The number of hydrogen-bond acceptors (Lipinski definition) is 5. The maximum absolute atomic E-state index is 13.3. The van der Waals surface area contributed by atoms with Gasteiger partial charge in [0.2, 0.25) is 5.91 Å². The molecule has 1 aliphatic heterocycles. The number of benzene rings is 2. The molecule has 0 spiro atoms. The summed E-state index contributed by atoms with van der Waals surface area (Å²) in [5.41, 5.74) is 1.43. The highest BCUT2D eigenvalue weighted by Crippen LogP contribution is 2.39. The molecule has 0 saturated carbocycles. The molecule has 0 bridgehead atoms. The molecule has 7 nitrogen and oxygen atoms in total. The summed E-state index contributed by atoms with van der Waals surface area (Å²) in [7, 11) is 4.77. The summed E-state index contributed by atoms with van der Waals surface area (Å²) in [5.74, 6) is 1.71. The lowest BCUT2D eigenvalue weighted by Crippen LogP contribution is -2.36. The normalized spacial score (nSPS) is 17.7. The van der Waals surface area contributed by atoms with E-state index in [2.05, 4.69) is 19.2 Å². The number of carbonyl (C=O) groups excluding carboxylic acids is 2. The standard InChI is InChI=1S/C26H34N2O5/c1-17(2)11-12-27-25(29)23-16-28(26(30)18-7-6-8-19(13-18)31-3)15-22(23)21-10-9-20(32-4)14-24(21)33-5/h6-10,13-14,17,22-23H,11-12,15-16H2,1-5H3,(H,27,29). The smallest absolute Gasteiger partial charge is 0.254 e. The van der Waals surface area contributed by atoms with E-state index in [0.29, 0.717) is 48.4 Å². The van der Waals surface area contributed by atoms with Gasteiger partial charge in [0.05, 0.1) is 27.2 Å². The van der Waals surface area contributed by atoms with E-state index in [9.17, 15) is 9.59 Å². The van der Waals surface area contributed by atoms with E-state index in [1.165, 1.54) is 0 Å². The Hall–Kier alpha value is -3.22. The molecule has 1 N–H and O–H groups in total. The zero-order chi connectivity index (χ0) is 24.0. The minimum Gasteiger partial charge on any atom is -0.497 e. The highest BCUT2D eigenvalue weighted by molar-refractivity contribution is 5.95. The van der Waals surface area contributed by atoms with Crippen LogP contribution < -0.4 is 19.5 Å². The number of nitrogens with one attached hydrogen (secondary N) is 1. The first kappa shape index (κ1) is 24.4. The number of carbonyl (C=O) groups is 2. The third-order valence-electron chi connectivity index (χ3n) is 6.12. The second-order valence-corrected chi connectivity index (χ2v) is 8.74. The van der Waals surface area contributed by atoms with Crippen LogP contribution in [0.15, 0.2) is 42.5 Å².